The summed E-state index contributed by atoms with van der Waals surface area (Å²) in [6.45, 7) is 8.24. The molecule has 5 rings (SSSR count). The summed E-state index contributed by atoms with van der Waals surface area (Å²) in [6.07, 6.45) is -4.06. The van der Waals surface area contributed by atoms with Gasteiger partial charge in [-0.15, -0.1) is 0 Å². The minimum absolute atomic E-state index is 0.0603. The van der Waals surface area contributed by atoms with Crippen LogP contribution in [0.5, 0.6) is 0 Å². The number of benzene rings is 1. The first-order valence-electron chi connectivity index (χ1n) is 13.5. The molecule has 1 saturated heterocycles. The van der Waals surface area contributed by atoms with E-state index in [-0.39, 0.29) is 37.2 Å². The van der Waals surface area contributed by atoms with Crippen LogP contribution in [0.2, 0.25) is 0 Å². The number of aliphatic hydroxyl groups excluding tert-OH is 1. The maximum Gasteiger partial charge on any atom is 0.338 e. The Morgan fingerprint density at radius 2 is 1.85 bits per heavy atom. The van der Waals surface area contributed by atoms with Gasteiger partial charge in [-0.05, 0) is 43.8 Å². The van der Waals surface area contributed by atoms with Gasteiger partial charge in [0.1, 0.15) is 35.2 Å². The molecule has 2 bridgehead atoms. The highest BCUT2D eigenvalue weighted by Crippen LogP contribution is 2.64. The summed E-state index contributed by atoms with van der Waals surface area (Å²) in [7, 11) is 0. The molecule has 0 radical (unpaired) electrons. The molecule has 1 unspecified atom stereocenters. The molecule has 4 aliphatic rings. The molecule has 2 saturated carbocycles. The van der Waals surface area contributed by atoms with Gasteiger partial charge in [-0.25, -0.2) is 4.79 Å². The smallest absolute Gasteiger partial charge is 0.338 e. The highest BCUT2D eigenvalue weighted by Gasteiger charge is 2.77. The monoisotopic (exact) mass is 572 g/mol. The average molecular weight is 573 g/mol. The third-order valence-corrected chi connectivity index (χ3v) is 10.3. The fourth-order valence-electron chi connectivity index (χ4n) is 7.72. The first-order valence-corrected chi connectivity index (χ1v) is 14.0. The molecular weight excluding hydrogens is 536 g/mol. The summed E-state index contributed by atoms with van der Waals surface area (Å²) in [5, 5.41) is 23.9. The van der Waals surface area contributed by atoms with Gasteiger partial charge >= 0.3 is 11.9 Å². The van der Waals surface area contributed by atoms with Crippen LogP contribution < -0.4 is 0 Å². The van der Waals surface area contributed by atoms with Crippen molar-refractivity contribution in [3.63, 3.8) is 0 Å². The van der Waals surface area contributed by atoms with Gasteiger partial charge in [0.05, 0.1) is 29.6 Å². The van der Waals surface area contributed by atoms with Crippen molar-refractivity contribution in [2.24, 2.45) is 16.7 Å². The van der Waals surface area contributed by atoms with E-state index in [1.165, 1.54) is 6.92 Å². The Kier molecular flexibility index (Phi) is 7.01. The van der Waals surface area contributed by atoms with Gasteiger partial charge in [0.15, 0.2) is 5.60 Å². The average Bonchev–Trinajstić information content (AvgIpc) is 2.89. The predicted octanol–water partition coefficient (Wildman–Crippen LogP) is 3.09. The number of rotatable bonds is 5. The fraction of sp³-hybridized carbons (Fsp3) is 0.600. The molecular formula is C30H36O9S. The first-order chi connectivity index (χ1) is 18.7. The van der Waals surface area contributed by atoms with Crippen molar-refractivity contribution >= 4 is 35.5 Å². The Labute approximate surface area is 238 Å². The van der Waals surface area contributed by atoms with Gasteiger partial charge < -0.3 is 29.2 Å². The van der Waals surface area contributed by atoms with Gasteiger partial charge in [0, 0.05) is 31.6 Å². The minimum Gasteiger partial charge on any atom is -0.486 e. The van der Waals surface area contributed by atoms with Gasteiger partial charge in [0.25, 0.3) is 0 Å². The van der Waals surface area contributed by atoms with Crippen molar-refractivity contribution < 1.29 is 43.5 Å². The van der Waals surface area contributed by atoms with Crippen LogP contribution in [0, 0.1) is 16.7 Å². The molecule has 1 aliphatic heterocycles. The molecule has 0 amide bonds. The van der Waals surface area contributed by atoms with E-state index in [1.807, 2.05) is 0 Å². The number of ether oxygens (including phenoxy) is 4. The maximum absolute atomic E-state index is 14.5. The number of hydrogen-bond donors (Lipinski definition) is 2. The number of carbonyl (C=O) groups is 3. The number of esters is 2. The van der Waals surface area contributed by atoms with Crippen LogP contribution in [0.25, 0.3) is 0 Å². The lowest BCUT2D eigenvalue weighted by molar-refractivity contribution is -0.343. The number of carbonyl (C=O) groups excluding carboxylic acids is 3. The third-order valence-electron chi connectivity index (χ3n) is 10.2. The van der Waals surface area contributed by atoms with E-state index in [2.05, 4.69) is 0 Å². The number of ketones is 1. The second kappa shape index (κ2) is 9.72. The molecule has 1 aromatic carbocycles. The van der Waals surface area contributed by atoms with E-state index in [1.54, 1.807) is 58.0 Å². The third kappa shape index (κ3) is 3.90. The summed E-state index contributed by atoms with van der Waals surface area (Å²) < 4.78 is 24.1. The lowest BCUT2D eigenvalue weighted by Crippen LogP contribution is -2.81. The molecule has 8 atom stereocenters. The van der Waals surface area contributed by atoms with Crippen molar-refractivity contribution in [3.05, 3.63) is 47.0 Å². The van der Waals surface area contributed by atoms with Crippen LogP contribution in [0.15, 0.2) is 41.5 Å². The Hall–Kier alpha value is -2.66. The van der Waals surface area contributed by atoms with Gasteiger partial charge in [0.2, 0.25) is 0 Å². The molecule has 1 heterocycles. The fourth-order valence-corrected chi connectivity index (χ4v) is 7.86. The summed E-state index contributed by atoms with van der Waals surface area (Å²) in [4.78, 5) is 40.7. The molecule has 3 aliphatic carbocycles. The van der Waals surface area contributed by atoms with E-state index in [4.69, 9.17) is 31.2 Å². The Balaban J connectivity index is 1.80. The van der Waals surface area contributed by atoms with Crippen LogP contribution >= 0.6 is 12.2 Å². The van der Waals surface area contributed by atoms with Crippen molar-refractivity contribution in [3.8, 4) is 0 Å². The zero-order valence-corrected chi connectivity index (χ0v) is 24.2. The normalized spacial score (nSPS) is 39.9. The standard InChI is InChI=1S/C30H36O9S/c1-16-19-11-21(33)28(5)22(37-15-40)12-23-29(14-36-23,39-17(2)31)24(28)25(30(35,13-20(16)32)27(19,3)4)38-26(34)18-9-7-6-8-10-18/h6-10,15,20,22-25,32,35H,11-14H2,1-5H3/t20-,22-,23+,24?,25-,28+,29-,30+/m0/s1. The van der Waals surface area contributed by atoms with E-state index in [0.717, 1.165) is 5.55 Å². The summed E-state index contributed by atoms with van der Waals surface area (Å²) >= 11 is 5.03. The largest absolute Gasteiger partial charge is 0.486 e. The molecule has 0 aromatic heterocycles. The first kappa shape index (κ1) is 28.9. The van der Waals surface area contributed by atoms with Crippen LogP contribution in [0.3, 0.4) is 0 Å². The zero-order chi connectivity index (χ0) is 29.3. The SMILES string of the molecule is CC(=O)O[C@@]12CO[C@@H]1C[C@H](OC=S)[C@@]1(C)C(=O)CC3=C(C)[C@@H](O)C[C@@](O)([C@@H](OC(=O)c4ccccc4)C12)C3(C)C. The van der Waals surface area contributed by atoms with Crippen molar-refractivity contribution in [1.29, 1.82) is 0 Å². The number of thiocarbonyl (C=S) groups is 1. The van der Waals surface area contributed by atoms with Crippen molar-refractivity contribution in [2.75, 3.05) is 6.61 Å². The maximum atomic E-state index is 14.5. The Bertz CT molecular complexity index is 1270. The predicted molar refractivity (Wildman–Crippen MR) is 146 cm³/mol. The zero-order valence-electron chi connectivity index (χ0n) is 23.3. The van der Waals surface area contributed by atoms with Crippen molar-refractivity contribution in [2.45, 2.75) is 89.5 Å². The molecule has 1 aromatic rings. The van der Waals surface area contributed by atoms with Crippen LogP contribution in [0.1, 0.15) is 64.2 Å². The van der Waals surface area contributed by atoms with Gasteiger partial charge in [-0.2, -0.15) is 0 Å². The van der Waals surface area contributed by atoms with Crippen LogP contribution in [0.4, 0.5) is 0 Å². The Morgan fingerprint density at radius 1 is 1.18 bits per heavy atom. The number of Topliss-reactive ketones (excluding diaryl/α,β-unsaturated/α-hetero) is 1. The summed E-state index contributed by atoms with van der Waals surface area (Å²) in [6, 6.07) is 8.32. The number of aliphatic hydroxyl groups is 2. The lowest BCUT2D eigenvalue weighted by Gasteiger charge is -2.67. The van der Waals surface area contributed by atoms with Crippen LogP contribution in [-0.2, 0) is 28.5 Å². The molecule has 0 spiro atoms. The molecule has 9 nitrogen and oxygen atoms in total. The number of hydrogen-bond acceptors (Lipinski definition) is 10. The van der Waals surface area contributed by atoms with Gasteiger partial charge in [-0.1, -0.05) is 37.6 Å². The molecule has 216 valence electrons. The highest BCUT2D eigenvalue weighted by molar-refractivity contribution is 7.78. The highest BCUT2D eigenvalue weighted by atomic mass is 32.1. The summed E-state index contributed by atoms with van der Waals surface area (Å²) in [5.41, 5.74) is -3.29. The summed E-state index contributed by atoms with van der Waals surface area (Å²) in [5.74, 6) is -2.66. The molecule has 40 heavy (non-hydrogen) atoms. The quantitative estimate of drug-likeness (QED) is 0.309. The van der Waals surface area contributed by atoms with E-state index in [9.17, 15) is 24.6 Å². The second-order valence-corrected chi connectivity index (χ2v) is 12.5. The van der Waals surface area contributed by atoms with Crippen LogP contribution in [-0.4, -0.2) is 75.7 Å². The molecule has 10 heteroatoms. The van der Waals surface area contributed by atoms with E-state index >= 15 is 0 Å². The van der Waals surface area contributed by atoms with E-state index in [0.29, 0.717) is 11.1 Å². The van der Waals surface area contributed by atoms with Gasteiger partial charge in [-0.3, -0.25) is 9.59 Å². The Morgan fingerprint density at radius 3 is 2.42 bits per heavy atom. The number of fused-ring (bicyclic) bond motifs is 5. The lowest BCUT2D eigenvalue weighted by atomic mass is 9.45. The minimum atomic E-state index is -1.87. The van der Waals surface area contributed by atoms with Crippen molar-refractivity contribution in [1.82, 2.24) is 0 Å². The second-order valence-electron chi connectivity index (χ2n) is 12.3. The molecule has 2 N–H and O–H groups in total. The topological polar surface area (TPSA) is 129 Å². The molecule has 3 fully saturated rings. The van der Waals surface area contributed by atoms with E-state index < -0.39 is 64.3 Å².